The van der Waals surface area contributed by atoms with Crippen LogP contribution in [0.4, 0.5) is 0 Å². The number of aromatic amines is 1. The van der Waals surface area contributed by atoms with E-state index in [0.717, 1.165) is 33.3 Å². The van der Waals surface area contributed by atoms with E-state index in [9.17, 15) is 4.79 Å². The molecule has 1 N–H and O–H groups in total. The van der Waals surface area contributed by atoms with Gasteiger partial charge < -0.3 is 4.98 Å². The van der Waals surface area contributed by atoms with Crippen molar-refractivity contribution in [3.8, 4) is 5.69 Å². The number of H-pyrrole nitrogens is 1. The lowest BCUT2D eigenvalue weighted by molar-refractivity contribution is 0.812. The van der Waals surface area contributed by atoms with Gasteiger partial charge in [-0.2, -0.15) is 0 Å². The Balaban J connectivity index is 1.73. The fourth-order valence-electron chi connectivity index (χ4n) is 3.74. The van der Waals surface area contributed by atoms with Gasteiger partial charge in [0.2, 0.25) is 0 Å². The number of nitrogens with zero attached hydrogens (tertiary/aromatic N) is 2. The van der Waals surface area contributed by atoms with Crippen LogP contribution in [0.25, 0.3) is 27.6 Å². The second kappa shape index (κ2) is 7.91. The number of hydrogen-bond donors (Lipinski definition) is 1. The van der Waals surface area contributed by atoms with Gasteiger partial charge in [0.05, 0.1) is 5.69 Å². The summed E-state index contributed by atoms with van der Waals surface area (Å²) < 4.78 is 1.74. The van der Waals surface area contributed by atoms with Crippen LogP contribution in [-0.2, 0) is 5.75 Å². The minimum Gasteiger partial charge on any atom is -0.349 e. The fraction of sp³-hybridized carbons (Fsp3) is 0.120. The van der Waals surface area contributed by atoms with Crippen LogP contribution in [0.1, 0.15) is 16.7 Å². The molecule has 5 rings (SSSR count). The zero-order valence-electron chi connectivity index (χ0n) is 17.1. The van der Waals surface area contributed by atoms with Crippen LogP contribution >= 0.6 is 23.4 Å². The van der Waals surface area contributed by atoms with E-state index < -0.39 is 0 Å². The first kappa shape index (κ1) is 19.9. The SMILES string of the molecule is Cc1ccc(C)c(-n2c(SCc3ccc(Cl)cc3)nc3c([nH]c4ccccc43)c2=O)c1. The van der Waals surface area contributed by atoms with E-state index in [1.807, 2.05) is 74.5 Å². The van der Waals surface area contributed by atoms with Crippen LogP contribution in [0.2, 0.25) is 5.02 Å². The van der Waals surface area contributed by atoms with E-state index in [4.69, 9.17) is 16.6 Å². The van der Waals surface area contributed by atoms with E-state index in [2.05, 4.69) is 11.1 Å². The fourth-order valence-corrected chi connectivity index (χ4v) is 4.82. The lowest BCUT2D eigenvalue weighted by Gasteiger charge is -2.15. The Bertz CT molecular complexity index is 1490. The van der Waals surface area contributed by atoms with Gasteiger partial charge in [0.1, 0.15) is 11.0 Å². The molecule has 0 saturated heterocycles. The maximum atomic E-state index is 13.7. The molecule has 154 valence electrons. The number of fused-ring (bicyclic) bond motifs is 3. The van der Waals surface area contributed by atoms with Crippen molar-refractivity contribution in [2.45, 2.75) is 24.8 Å². The van der Waals surface area contributed by atoms with Crippen molar-refractivity contribution in [2.24, 2.45) is 0 Å². The molecule has 0 fully saturated rings. The van der Waals surface area contributed by atoms with Crippen molar-refractivity contribution in [1.29, 1.82) is 0 Å². The van der Waals surface area contributed by atoms with Gasteiger partial charge in [0.15, 0.2) is 5.16 Å². The Labute approximate surface area is 188 Å². The van der Waals surface area contributed by atoms with E-state index in [1.54, 1.807) is 16.3 Å². The highest BCUT2D eigenvalue weighted by Gasteiger charge is 2.18. The molecule has 0 amide bonds. The van der Waals surface area contributed by atoms with Crippen LogP contribution in [-0.4, -0.2) is 14.5 Å². The van der Waals surface area contributed by atoms with Gasteiger partial charge in [-0.05, 0) is 54.8 Å². The van der Waals surface area contributed by atoms with Gasteiger partial charge in [0.25, 0.3) is 5.56 Å². The van der Waals surface area contributed by atoms with Gasteiger partial charge in [-0.1, -0.05) is 65.8 Å². The summed E-state index contributed by atoms with van der Waals surface area (Å²) in [6.07, 6.45) is 0. The summed E-state index contributed by atoms with van der Waals surface area (Å²) in [4.78, 5) is 22.0. The summed E-state index contributed by atoms with van der Waals surface area (Å²) in [5.41, 5.74) is 6.16. The highest BCUT2D eigenvalue weighted by atomic mass is 35.5. The third-order valence-corrected chi connectivity index (χ3v) is 6.64. The minimum absolute atomic E-state index is 0.0893. The Morgan fingerprint density at radius 1 is 1.03 bits per heavy atom. The van der Waals surface area contributed by atoms with E-state index in [-0.39, 0.29) is 5.56 Å². The Hall–Kier alpha value is -3.02. The Morgan fingerprint density at radius 3 is 2.61 bits per heavy atom. The molecule has 0 unspecified atom stereocenters. The lowest BCUT2D eigenvalue weighted by atomic mass is 10.1. The molecular weight excluding hydrogens is 426 g/mol. The van der Waals surface area contributed by atoms with Crippen LogP contribution in [0.15, 0.2) is 76.7 Å². The maximum absolute atomic E-state index is 13.7. The summed E-state index contributed by atoms with van der Waals surface area (Å²) in [6, 6.07) is 21.8. The molecule has 6 heteroatoms. The quantitative estimate of drug-likeness (QED) is 0.256. The molecule has 0 aliphatic rings. The van der Waals surface area contributed by atoms with Crippen LogP contribution in [0.3, 0.4) is 0 Å². The highest BCUT2D eigenvalue weighted by Crippen LogP contribution is 2.29. The first-order chi connectivity index (χ1) is 15.0. The number of para-hydroxylation sites is 1. The average molecular weight is 446 g/mol. The molecule has 0 atom stereocenters. The first-order valence-electron chi connectivity index (χ1n) is 9.99. The molecule has 0 aliphatic carbocycles. The van der Waals surface area contributed by atoms with Gasteiger partial charge in [-0.25, -0.2) is 4.98 Å². The zero-order valence-corrected chi connectivity index (χ0v) is 18.7. The van der Waals surface area contributed by atoms with E-state index in [0.29, 0.717) is 27.0 Å². The summed E-state index contributed by atoms with van der Waals surface area (Å²) >= 11 is 7.58. The number of aromatic nitrogens is 3. The van der Waals surface area contributed by atoms with Gasteiger partial charge >= 0.3 is 0 Å². The zero-order chi connectivity index (χ0) is 21.5. The summed E-state index contributed by atoms with van der Waals surface area (Å²) in [7, 11) is 0. The molecule has 0 spiro atoms. The number of nitrogens with one attached hydrogen (secondary N) is 1. The van der Waals surface area contributed by atoms with Crippen molar-refractivity contribution in [3.63, 3.8) is 0 Å². The standard InChI is InChI=1S/C25H20ClN3OS/c1-15-7-8-16(2)21(13-15)29-24(30)23-22(19-5-3-4-6-20(19)27-23)28-25(29)31-14-17-9-11-18(26)12-10-17/h3-13,27H,14H2,1-2H3. The van der Waals surface area contributed by atoms with Crippen molar-refractivity contribution in [1.82, 2.24) is 14.5 Å². The van der Waals surface area contributed by atoms with Gasteiger partial charge in [-0.3, -0.25) is 9.36 Å². The van der Waals surface area contributed by atoms with Crippen molar-refractivity contribution < 1.29 is 0 Å². The predicted octanol–water partition coefficient (Wildman–Crippen LogP) is 6.43. The lowest BCUT2D eigenvalue weighted by Crippen LogP contribution is -2.22. The van der Waals surface area contributed by atoms with Gasteiger partial charge in [-0.15, -0.1) is 0 Å². The number of halogens is 1. The van der Waals surface area contributed by atoms with E-state index in [1.165, 1.54) is 0 Å². The summed E-state index contributed by atoms with van der Waals surface area (Å²) in [5.74, 6) is 0.683. The molecule has 3 aromatic carbocycles. The number of rotatable bonds is 4. The molecule has 0 saturated carbocycles. The third kappa shape index (κ3) is 3.64. The summed E-state index contributed by atoms with van der Waals surface area (Å²) in [6.45, 7) is 4.05. The minimum atomic E-state index is -0.0893. The monoisotopic (exact) mass is 445 g/mol. The van der Waals surface area contributed by atoms with Crippen LogP contribution in [0, 0.1) is 13.8 Å². The Kier molecular flexibility index (Phi) is 5.08. The highest BCUT2D eigenvalue weighted by molar-refractivity contribution is 7.98. The van der Waals surface area contributed by atoms with Crippen molar-refractivity contribution in [2.75, 3.05) is 0 Å². The number of aryl methyl sites for hydroxylation is 2. The molecule has 2 heterocycles. The molecule has 4 nitrogen and oxygen atoms in total. The van der Waals surface area contributed by atoms with Crippen LogP contribution in [0.5, 0.6) is 0 Å². The smallest absolute Gasteiger partial charge is 0.283 e. The Morgan fingerprint density at radius 2 is 1.81 bits per heavy atom. The van der Waals surface area contributed by atoms with Crippen molar-refractivity contribution >= 4 is 45.3 Å². The van der Waals surface area contributed by atoms with Crippen LogP contribution < -0.4 is 5.56 Å². The van der Waals surface area contributed by atoms with Crippen molar-refractivity contribution in [3.05, 3.63) is 98.8 Å². The predicted molar refractivity (Wildman–Crippen MR) is 130 cm³/mol. The van der Waals surface area contributed by atoms with E-state index >= 15 is 0 Å². The topological polar surface area (TPSA) is 50.7 Å². The second-order valence-corrected chi connectivity index (χ2v) is 9.01. The molecular formula is C25H20ClN3OS. The maximum Gasteiger partial charge on any atom is 0.283 e. The number of benzene rings is 3. The first-order valence-corrected chi connectivity index (χ1v) is 11.4. The molecule has 0 radical (unpaired) electrons. The molecule has 0 aliphatic heterocycles. The second-order valence-electron chi connectivity index (χ2n) is 7.63. The van der Waals surface area contributed by atoms with Gasteiger partial charge in [0, 0.05) is 21.7 Å². The molecule has 0 bridgehead atoms. The third-order valence-electron chi connectivity index (χ3n) is 5.38. The molecule has 31 heavy (non-hydrogen) atoms. The summed E-state index contributed by atoms with van der Waals surface area (Å²) in [5, 5.41) is 2.33. The molecule has 2 aromatic heterocycles. The number of hydrogen-bond acceptors (Lipinski definition) is 3. The largest absolute Gasteiger partial charge is 0.349 e. The molecule has 5 aromatic rings. The normalized spacial score (nSPS) is 11.5. The number of thioether (sulfide) groups is 1. The average Bonchev–Trinajstić information content (AvgIpc) is 3.14.